The van der Waals surface area contributed by atoms with Crippen LogP contribution in [0, 0.1) is 0 Å². The Hall–Kier alpha value is -3.78. The van der Waals surface area contributed by atoms with Crippen LogP contribution >= 0.6 is 0 Å². The minimum Gasteiger partial charge on any atom is -0.378 e. The van der Waals surface area contributed by atoms with Gasteiger partial charge in [0.25, 0.3) is 5.91 Å². The zero-order valence-corrected chi connectivity index (χ0v) is 17.4. The van der Waals surface area contributed by atoms with Crippen LogP contribution in [0.5, 0.6) is 0 Å². The molecule has 8 heteroatoms. The predicted molar refractivity (Wildman–Crippen MR) is 118 cm³/mol. The highest BCUT2D eigenvalue weighted by atomic mass is 19.4. The highest BCUT2D eigenvalue weighted by molar-refractivity contribution is 5.98. The molecular weight excluding hydrogens is 431 g/mol. The number of halogens is 3. The molecule has 1 atom stereocenters. The number of fused-ring (bicyclic) bond motifs is 1. The molecule has 0 saturated heterocycles. The van der Waals surface area contributed by atoms with Crippen molar-refractivity contribution in [2.75, 3.05) is 11.4 Å². The number of anilines is 1. The van der Waals surface area contributed by atoms with Crippen molar-refractivity contribution in [2.45, 2.75) is 18.7 Å². The summed E-state index contributed by atoms with van der Waals surface area (Å²) < 4.78 is 38.4. The molecule has 1 unspecified atom stereocenters. The second kappa shape index (κ2) is 9.38. The number of rotatable bonds is 6. The van der Waals surface area contributed by atoms with Gasteiger partial charge in [-0.3, -0.25) is 14.8 Å². The van der Waals surface area contributed by atoms with Crippen LogP contribution in [0.15, 0.2) is 85.2 Å². The standard InChI is InChI=1S/C25H20F3N3O2/c26-25(27,28)22-11-10-17(15-30-22)12-13-31(24(33)23(32)18-6-2-1-3-7-18)20-14-19-8-4-5-9-21(19)29-16-20/h1-11,14-16,23,32H,12-13H2. The number of alkyl halides is 3. The summed E-state index contributed by atoms with van der Waals surface area (Å²) in [5.74, 6) is -0.557. The molecule has 33 heavy (non-hydrogen) atoms. The number of carbonyl (C=O) groups excluding carboxylic acids is 1. The van der Waals surface area contributed by atoms with Crippen LogP contribution in [0.2, 0.25) is 0 Å². The van der Waals surface area contributed by atoms with Crippen LogP contribution in [-0.2, 0) is 17.4 Å². The summed E-state index contributed by atoms with van der Waals surface area (Å²) in [6.07, 6.45) is -2.98. The summed E-state index contributed by atoms with van der Waals surface area (Å²) >= 11 is 0. The van der Waals surface area contributed by atoms with Crippen LogP contribution in [-0.4, -0.2) is 27.5 Å². The number of aliphatic hydroxyl groups is 1. The molecule has 5 nitrogen and oxygen atoms in total. The van der Waals surface area contributed by atoms with E-state index < -0.39 is 23.9 Å². The first-order valence-corrected chi connectivity index (χ1v) is 10.2. The highest BCUT2D eigenvalue weighted by Crippen LogP contribution is 2.28. The number of aromatic nitrogens is 2. The third-order valence-corrected chi connectivity index (χ3v) is 5.24. The number of hydrogen-bond donors (Lipinski definition) is 1. The van der Waals surface area contributed by atoms with Crippen LogP contribution < -0.4 is 4.90 Å². The molecule has 168 valence electrons. The largest absolute Gasteiger partial charge is 0.433 e. The van der Waals surface area contributed by atoms with E-state index in [9.17, 15) is 23.1 Å². The third-order valence-electron chi connectivity index (χ3n) is 5.24. The Morgan fingerprint density at radius 3 is 2.36 bits per heavy atom. The van der Waals surface area contributed by atoms with Gasteiger partial charge in [0.2, 0.25) is 0 Å². The maximum atomic E-state index is 13.3. The number of carbonyl (C=O) groups is 1. The summed E-state index contributed by atoms with van der Waals surface area (Å²) in [5.41, 5.74) is 1.23. The molecule has 2 aromatic carbocycles. The second-order valence-corrected chi connectivity index (χ2v) is 7.49. The number of pyridine rings is 2. The van der Waals surface area contributed by atoms with E-state index in [4.69, 9.17) is 0 Å². The SMILES string of the molecule is O=C(C(O)c1ccccc1)N(CCc1ccc(C(F)(F)F)nc1)c1cnc2ccccc2c1. The molecule has 0 aliphatic heterocycles. The fourth-order valence-electron chi connectivity index (χ4n) is 3.48. The van der Waals surface area contributed by atoms with Crippen molar-refractivity contribution < 1.29 is 23.1 Å². The first-order chi connectivity index (χ1) is 15.8. The van der Waals surface area contributed by atoms with Crippen molar-refractivity contribution in [1.82, 2.24) is 9.97 Å². The Morgan fingerprint density at radius 1 is 0.939 bits per heavy atom. The van der Waals surface area contributed by atoms with Gasteiger partial charge in [0.15, 0.2) is 6.10 Å². The van der Waals surface area contributed by atoms with Gasteiger partial charge in [-0.15, -0.1) is 0 Å². The van der Waals surface area contributed by atoms with Gasteiger partial charge in [-0.2, -0.15) is 13.2 Å². The van der Waals surface area contributed by atoms with Crippen LogP contribution in [0.4, 0.5) is 18.9 Å². The van der Waals surface area contributed by atoms with E-state index in [1.165, 1.54) is 11.0 Å². The topological polar surface area (TPSA) is 66.3 Å². The van der Waals surface area contributed by atoms with Crippen molar-refractivity contribution in [3.63, 3.8) is 0 Å². The Morgan fingerprint density at radius 2 is 1.67 bits per heavy atom. The Bertz CT molecular complexity index is 1250. The lowest BCUT2D eigenvalue weighted by molar-refractivity contribution is -0.141. The molecule has 1 N–H and O–H groups in total. The Kier molecular flexibility index (Phi) is 6.37. The number of nitrogens with zero attached hydrogens (tertiary/aromatic N) is 3. The van der Waals surface area contributed by atoms with E-state index in [1.54, 1.807) is 42.6 Å². The smallest absolute Gasteiger partial charge is 0.378 e. The average Bonchev–Trinajstić information content (AvgIpc) is 2.83. The molecule has 2 aromatic heterocycles. The van der Waals surface area contributed by atoms with Gasteiger partial charge in [-0.25, -0.2) is 0 Å². The van der Waals surface area contributed by atoms with Crippen molar-refractivity contribution in [2.24, 2.45) is 0 Å². The Labute approximate surface area is 188 Å². The van der Waals surface area contributed by atoms with Crippen LogP contribution in [0.1, 0.15) is 22.9 Å². The molecule has 0 radical (unpaired) electrons. The van der Waals surface area contributed by atoms with Gasteiger partial charge in [-0.05, 0) is 35.7 Å². The molecule has 0 aliphatic carbocycles. The number of amides is 1. The van der Waals surface area contributed by atoms with E-state index in [0.29, 0.717) is 16.8 Å². The van der Waals surface area contributed by atoms with E-state index in [-0.39, 0.29) is 13.0 Å². The van der Waals surface area contributed by atoms with Gasteiger partial charge in [0, 0.05) is 18.1 Å². The summed E-state index contributed by atoms with van der Waals surface area (Å²) in [7, 11) is 0. The van der Waals surface area contributed by atoms with Crippen LogP contribution in [0.25, 0.3) is 10.9 Å². The van der Waals surface area contributed by atoms with Gasteiger partial charge in [0.1, 0.15) is 5.69 Å². The summed E-state index contributed by atoms with van der Waals surface area (Å²) in [5, 5.41) is 11.5. The zero-order valence-electron chi connectivity index (χ0n) is 17.4. The fraction of sp³-hybridized carbons (Fsp3) is 0.160. The average molecular weight is 451 g/mol. The molecule has 2 heterocycles. The molecule has 0 aliphatic rings. The lowest BCUT2D eigenvalue weighted by Gasteiger charge is -2.25. The molecule has 0 saturated carbocycles. The Balaban J connectivity index is 1.62. The van der Waals surface area contributed by atoms with E-state index in [0.717, 1.165) is 23.2 Å². The first-order valence-electron chi connectivity index (χ1n) is 10.2. The third kappa shape index (κ3) is 5.18. The van der Waals surface area contributed by atoms with E-state index in [1.807, 2.05) is 24.3 Å². The molecule has 0 fully saturated rings. The minimum absolute atomic E-state index is 0.121. The maximum Gasteiger partial charge on any atom is 0.433 e. The molecule has 0 bridgehead atoms. The summed E-state index contributed by atoms with van der Waals surface area (Å²) in [6, 6.07) is 20.0. The minimum atomic E-state index is -4.52. The summed E-state index contributed by atoms with van der Waals surface area (Å²) in [4.78, 5) is 22.5. The van der Waals surface area contributed by atoms with Gasteiger partial charge in [0.05, 0.1) is 17.4 Å². The van der Waals surface area contributed by atoms with Crippen molar-refractivity contribution in [3.05, 3.63) is 102 Å². The maximum absolute atomic E-state index is 13.3. The molecule has 0 spiro atoms. The van der Waals surface area contributed by atoms with Gasteiger partial charge in [-0.1, -0.05) is 54.6 Å². The van der Waals surface area contributed by atoms with Gasteiger partial charge >= 0.3 is 6.18 Å². The fourth-order valence-corrected chi connectivity index (χ4v) is 3.48. The number of hydrogen-bond acceptors (Lipinski definition) is 4. The number of aliphatic hydroxyl groups excluding tert-OH is 1. The lowest BCUT2D eigenvalue weighted by atomic mass is 10.1. The van der Waals surface area contributed by atoms with Crippen molar-refractivity contribution >= 4 is 22.5 Å². The van der Waals surface area contributed by atoms with Crippen molar-refractivity contribution in [1.29, 1.82) is 0 Å². The van der Waals surface area contributed by atoms with Crippen molar-refractivity contribution in [3.8, 4) is 0 Å². The quantitative estimate of drug-likeness (QED) is 0.450. The highest BCUT2D eigenvalue weighted by Gasteiger charge is 2.32. The normalized spacial score (nSPS) is 12.5. The molecule has 1 amide bonds. The first kappa shape index (κ1) is 22.4. The number of para-hydroxylation sites is 1. The summed E-state index contributed by atoms with van der Waals surface area (Å²) in [6.45, 7) is 0.121. The molecule has 4 rings (SSSR count). The molecule has 4 aromatic rings. The number of benzene rings is 2. The predicted octanol–water partition coefficient (Wildman–Crippen LogP) is 4.96. The monoisotopic (exact) mass is 451 g/mol. The second-order valence-electron chi connectivity index (χ2n) is 7.49. The zero-order chi connectivity index (χ0) is 23.4. The van der Waals surface area contributed by atoms with Gasteiger partial charge < -0.3 is 10.0 Å². The lowest BCUT2D eigenvalue weighted by Crippen LogP contribution is -2.37. The molecular formula is C25H20F3N3O2. The van der Waals surface area contributed by atoms with Crippen LogP contribution in [0.3, 0.4) is 0 Å². The van der Waals surface area contributed by atoms with E-state index >= 15 is 0 Å². The van der Waals surface area contributed by atoms with E-state index in [2.05, 4.69) is 9.97 Å².